The van der Waals surface area contributed by atoms with E-state index in [1.54, 1.807) is 11.3 Å². The topological polar surface area (TPSA) is 36.4 Å². The summed E-state index contributed by atoms with van der Waals surface area (Å²) in [5, 5.41) is 0.961. The maximum Gasteiger partial charge on any atom is 0.265 e. The number of aryl methyl sites for hydroxylation is 2. The van der Waals surface area contributed by atoms with Crippen molar-refractivity contribution >= 4 is 17.2 Å². The van der Waals surface area contributed by atoms with Gasteiger partial charge < -0.3 is 4.90 Å². The van der Waals surface area contributed by atoms with Crippen molar-refractivity contribution < 1.29 is 4.79 Å². The molecule has 1 amide bonds. The Balaban J connectivity index is 1.80. The van der Waals surface area contributed by atoms with Crippen LogP contribution >= 0.6 is 11.3 Å². The highest BCUT2D eigenvalue weighted by atomic mass is 32.1. The second-order valence-electron chi connectivity index (χ2n) is 6.86. The second-order valence-corrected chi connectivity index (χ2v) is 7.86. The lowest BCUT2D eigenvalue weighted by atomic mass is 10.1. The Labute approximate surface area is 160 Å². The molecule has 1 atom stereocenters. The first-order valence-electron chi connectivity index (χ1n) is 9.68. The zero-order valence-electron chi connectivity index (χ0n) is 16.3. The molecule has 3 rings (SSSR count). The molecule has 0 bridgehead atoms. The van der Waals surface area contributed by atoms with E-state index in [0.29, 0.717) is 6.04 Å². The first-order valence-corrected chi connectivity index (χ1v) is 10.5. The number of amides is 1. The van der Waals surface area contributed by atoms with Gasteiger partial charge in [0.1, 0.15) is 9.88 Å². The summed E-state index contributed by atoms with van der Waals surface area (Å²) in [5.41, 5.74) is 3.29. The molecule has 1 saturated heterocycles. The molecule has 0 radical (unpaired) electrons. The zero-order chi connectivity index (χ0) is 18.7. The Bertz CT molecular complexity index is 766. The average Bonchev–Trinajstić information content (AvgIpc) is 3.29. The van der Waals surface area contributed by atoms with Gasteiger partial charge in [0, 0.05) is 24.7 Å². The Morgan fingerprint density at radius 3 is 2.69 bits per heavy atom. The summed E-state index contributed by atoms with van der Waals surface area (Å²) in [6, 6.07) is 8.84. The van der Waals surface area contributed by atoms with Gasteiger partial charge in [0.2, 0.25) is 0 Å². The highest BCUT2D eigenvalue weighted by Gasteiger charge is 2.31. The molecule has 1 fully saturated rings. The normalized spacial score (nSPS) is 17.3. The van der Waals surface area contributed by atoms with Crippen LogP contribution in [-0.2, 0) is 6.42 Å². The van der Waals surface area contributed by atoms with E-state index in [9.17, 15) is 4.79 Å². The molecule has 2 heterocycles. The molecule has 26 heavy (non-hydrogen) atoms. The predicted molar refractivity (Wildman–Crippen MR) is 109 cm³/mol. The first-order chi connectivity index (χ1) is 12.6. The molecule has 1 aromatic carbocycles. The summed E-state index contributed by atoms with van der Waals surface area (Å²) in [6.45, 7) is 12.3. The van der Waals surface area contributed by atoms with E-state index in [4.69, 9.17) is 4.98 Å². The van der Waals surface area contributed by atoms with Crippen LogP contribution in [0.4, 0.5) is 0 Å². The second kappa shape index (κ2) is 8.31. The van der Waals surface area contributed by atoms with Crippen LogP contribution in [-0.4, -0.2) is 52.9 Å². The minimum atomic E-state index is 0.148. The average molecular weight is 372 g/mol. The molecule has 0 N–H and O–H groups in total. The Hall–Kier alpha value is -1.72. The number of carbonyl (C=O) groups excluding carboxylic acids is 1. The molecule has 0 saturated carbocycles. The third kappa shape index (κ3) is 3.69. The smallest absolute Gasteiger partial charge is 0.265 e. The van der Waals surface area contributed by atoms with Crippen LogP contribution in [0.25, 0.3) is 10.6 Å². The molecule has 5 heteroatoms. The van der Waals surface area contributed by atoms with Gasteiger partial charge in [0.05, 0.1) is 5.69 Å². The highest BCUT2D eigenvalue weighted by molar-refractivity contribution is 7.17. The van der Waals surface area contributed by atoms with Crippen LogP contribution in [0.15, 0.2) is 24.3 Å². The summed E-state index contributed by atoms with van der Waals surface area (Å²) >= 11 is 1.54. The molecule has 1 aliphatic heterocycles. The predicted octanol–water partition coefficient (Wildman–Crippen LogP) is 4.24. The van der Waals surface area contributed by atoms with Gasteiger partial charge in [0.15, 0.2) is 0 Å². The molecule has 0 spiro atoms. The summed E-state index contributed by atoms with van der Waals surface area (Å²) in [4.78, 5) is 23.1. The van der Waals surface area contributed by atoms with Crippen molar-refractivity contribution in [1.82, 2.24) is 14.8 Å². The van der Waals surface area contributed by atoms with Gasteiger partial charge in [-0.1, -0.05) is 45.0 Å². The molecule has 1 aliphatic rings. The minimum absolute atomic E-state index is 0.148. The molecular formula is C21H29N3OS. The minimum Gasteiger partial charge on any atom is -0.336 e. The maximum atomic E-state index is 13.1. The van der Waals surface area contributed by atoms with Crippen LogP contribution in [0.1, 0.15) is 48.1 Å². The quantitative estimate of drug-likeness (QED) is 0.762. The van der Waals surface area contributed by atoms with Crippen molar-refractivity contribution in [1.29, 1.82) is 0 Å². The number of benzene rings is 1. The number of likely N-dealkylation sites (N-methyl/N-ethyl adjacent to an activating group) is 1. The van der Waals surface area contributed by atoms with Gasteiger partial charge in [-0.05, 0) is 38.4 Å². The molecular weight excluding hydrogens is 342 g/mol. The number of thiazole rings is 1. The fourth-order valence-corrected chi connectivity index (χ4v) is 4.95. The fourth-order valence-electron chi connectivity index (χ4n) is 3.86. The molecule has 2 aromatic rings. The lowest BCUT2D eigenvalue weighted by Crippen LogP contribution is -2.38. The lowest BCUT2D eigenvalue weighted by molar-refractivity contribution is 0.0782. The Kier molecular flexibility index (Phi) is 6.09. The summed E-state index contributed by atoms with van der Waals surface area (Å²) in [7, 11) is 0. The summed E-state index contributed by atoms with van der Waals surface area (Å²) < 4.78 is 0. The van der Waals surface area contributed by atoms with Crippen LogP contribution in [0.2, 0.25) is 0 Å². The number of likely N-dealkylation sites (tertiary alicyclic amines) is 1. The highest BCUT2D eigenvalue weighted by Crippen LogP contribution is 2.32. The van der Waals surface area contributed by atoms with Crippen molar-refractivity contribution in [3.63, 3.8) is 0 Å². The van der Waals surface area contributed by atoms with Gasteiger partial charge in [0.25, 0.3) is 5.91 Å². The standard InChI is InChI=1S/C21H29N3OS/c1-5-16-10-8-9-11-18(16)20-22-15(4)19(26-20)21(25)24-13-12-17(14-24)23(6-2)7-3/h8-11,17H,5-7,12-14H2,1-4H3. The van der Waals surface area contributed by atoms with Crippen LogP contribution in [0.5, 0.6) is 0 Å². The van der Waals surface area contributed by atoms with Gasteiger partial charge in [-0.2, -0.15) is 0 Å². The van der Waals surface area contributed by atoms with Crippen LogP contribution < -0.4 is 0 Å². The maximum absolute atomic E-state index is 13.1. The van der Waals surface area contributed by atoms with Gasteiger partial charge in [-0.15, -0.1) is 11.3 Å². The summed E-state index contributed by atoms with van der Waals surface area (Å²) in [6.07, 6.45) is 2.03. The number of nitrogens with zero attached hydrogens (tertiary/aromatic N) is 3. The number of aromatic nitrogens is 1. The molecule has 4 nitrogen and oxygen atoms in total. The number of carbonyl (C=O) groups is 1. The van der Waals surface area contributed by atoms with E-state index < -0.39 is 0 Å². The molecule has 0 aliphatic carbocycles. The lowest BCUT2D eigenvalue weighted by Gasteiger charge is -2.26. The van der Waals surface area contributed by atoms with Crippen molar-refractivity contribution in [3.05, 3.63) is 40.4 Å². The first kappa shape index (κ1) is 19.1. The van der Waals surface area contributed by atoms with Crippen LogP contribution in [0.3, 0.4) is 0 Å². The Morgan fingerprint density at radius 1 is 1.27 bits per heavy atom. The third-order valence-electron chi connectivity index (χ3n) is 5.40. The van der Waals surface area contributed by atoms with Gasteiger partial charge >= 0.3 is 0 Å². The van der Waals surface area contributed by atoms with E-state index in [1.165, 1.54) is 5.56 Å². The SMILES string of the molecule is CCc1ccccc1-c1nc(C)c(C(=O)N2CCC(N(CC)CC)C2)s1. The van der Waals surface area contributed by atoms with Crippen LogP contribution in [0, 0.1) is 6.92 Å². The van der Waals surface area contributed by atoms with Crippen molar-refractivity contribution in [2.24, 2.45) is 0 Å². The molecule has 140 valence electrons. The van der Waals surface area contributed by atoms with Crippen molar-refractivity contribution in [2.45, 2.75) is 46.6 Å². The van der Waals surface area contributed by atoms with E-state index in [2.05, 4.69) is 43.9 Å². The zero-order valence-corrected chi connectivity index (χ0v) is 17.1. The number of hydrogen-bond donors (Lipinski definition) is 0. The van der Waals surface area contributed by atoms with E-state index in [0.717, 1.165) is 60.2 Å². The number of hydrogen-bond acceptors (Lipinski definition) is 4. The molecule has 1 unspecified atom stereocenters. The summed E-state index contributed by atoms with van der Waals surface area (Å²) in [5.74, 6) is 0.148. The largest absolute Gasteiger partial charge is 0.336 e. The van der Waals surface area contributed by atoms with Gasteiger partial charge in [-0.3, -0.25) is 9.69 Å². The Morgan fingerprint density at radius 2 is 2.00 bits per heavy atom. The van der Waals surface area contributed by atoms with Gasteiger partial charge in [-0.25, -0.2) is 4.98 Å². The third-order valence-corrected chi connectivity index (χ3v) is 6.58. The van der Waals surface area contributed by atoms with E-state index in [1.807, 2.05) is 17.9 Å². The van der Waals surface area contributed by atoms with Crippen molar-refractivity contribution in [3.8, 4) is 10.6 Å². The van der Waals surface area contributed by atoms with E-state index in [-0.39, 0.29) is 5.91 Å². The van der Waals surface area contributed by atoms with Crippen molar-refractivity contribution in [2.75, 3.05) is 26.2 Å². The molecule has 1 aromatic heterocycles. The fraction of sp³-hybridized carbons (Fsp3) is 0.524. The van der Waals surface area contributed by atoms with E-state index >= 15 is 0 Å². The monoisotopic (exact) mass is 371 g/mol. The number of rotatable bonds is 6.